The maximum Gasteiger partial charge on any atom is 0.451 e. The van der Waals surface area contributed by atoms with Crippen molar-refractivity contribution in [3.05, 3.63) is 22.2 Å². The zero-order chi connectivity index (χ0) is 10.3. The topological polar surface area (TPSA) is 35.0 Å². The van der Waals surface area contributed by atoms with Gasteiger partial charge in [-0.1, -0.05) is 11.6 Å². The lowest BCUT2D eigenvalue weighted by molar-refractivity contribution is -0.145. The average molecular weight is 225 g/mol. The van der Waals surface area contributed by atoms with Crippen molar-refractivity contribution in [1.82, 2.24) is 9.97 Å². The van der Waals surface area contributed by atoms with Crippen molar-refractivity contribution in [3.8, 4) is 0 Å². The molecule has 0 saturated heterocycles. The number of alkyl halides is 3. The molecule has 0 aromatic carbocycles. The first-order valence-electron chi connectivity index (χ1n) is 3.68. The number of ether oxygens (including phenoxy) is 1. The van der Waals surface area contributed by atoms with Gasteiger partial charge in [0.25, 0.3) is 0 Å². The highest BCUT2D eigenvalue weighted by molar-refractivity contribution is 6.30. The van der Waals surface area contributed by atoms with Crippen molar-refractivity contribution in [2.75, 3.05) is 0 Å². The minimum absolute atomic E-state index is 0.0562. The lowest BCUT2D eigenvalue weighted by Crippen LogP contribution is -2.13. The summed E-state index contributed by atoms with van der Waals surface area (Å²) in [7, 11) is 0. The Morgan fingerprint density at radius 1 is 1.21 bits per heavy atom. The number of aromatic nitrogens is 2. The highest BCUT2D eigenvalue weighted by Gasteiger charge is 2.36. The summed E-state index contributed by atoms with van der Waals surface area (Å²) < 4.78 is 41.5. The van der Waals surface area contributed by atoms with E-state index >= 15 is 0 Å². The van der Waals surface area contributed by atoms with Crippen LogP contribution in [0, 0.1) is 0 Å². The number of nitrogens with zero attached hydrogens (tertiary/aromatic N) is 2. The molecule has 2 heterocycles. The molecule has 7 heteroatoms. The molecule has 0 aliphatic carbocycles. The summed E-state index contributed by atoms with van der Waals surface area (Å²) in [4.78, 5) is 6.51. The summed E-state index contributed by atoms with van der Waals surface area (Å²) in [5.41, 5.74) is 0.664. The molecular weight excluding hydrogens is 221 g/mol. The van der Waals surface area contributed by atoms with Crippen LogP contribution in [0.4, 0.5) is 13.2 Å². The van der Waals surface area contributed by atoms with Crippen molar-refractivity contribution in [2.45, 2.75) is 19.4 Å². The third kappa shape index (κ3) is 1.55. The Kier molecular flexibility index (Phi) is 2.11. The SMILES string of the molecule is FC(F)(F)c1nc(Cl)c2c(n1)COC2. The lowest BCUT2D eigenvalue weighted by Gasteiger charge is -2.06. The fraction of sp³-hybridized carbons (Fsp3) is 0.429. The number of fused-ring (bicyclic) bond motifs is 1. The van der Waals surface area contributed by atoms with E-state index in [0.717, 1.165) is 0 Å². The highest BCUT2D eigenvalue weighted by Crippen LogP contribution is 2.31. The first-order valence-corrected chi connectivity index (χ1v) is 4.06. The number of hydrogen-bond acceptors (Lipinski definition) is 3. The van der Waals surface area contributed by atoms with Crippen LogP contribution in [0.5, 0.6) is 0 Å². The van der Waals surface area contributed by atoms with Gasteiger partial charge >= 0.3 is 6.18 Å². The van der Waals surface area contributed by atoms with E-state index in [1.807, 2.05) is 0 Å². The average Bonchev–Trinajstić information content (AvgIpc) is 2.50. The molecule has 0 amide bonds. The second-order valence-corrected chi connectivity index (χ2v) is 3.11. The fourth-order valence-electron chi connectivity index (χ4n) is 1.14. The summed E-state index contributed by atoms with van der Waals surface area (Å²) in [6.07, 6.45) is -4.57. The highest BCUT2D eigenvalue weighted by atomic mass is 35.5. The molecule has 0 spiro atoms. The predicted octanol–water partition coefficient (Wildman–Crippen LogP) is 2.18. The molecule has 1 aromatic rings. The molecule has 1 aromatic heterocycles. The Bertz CT molecular complexity index is 380. The Morgan fingerprint density at radius 3 is 2.57 bits per heavy atom. The second kappa shape index (κ2) is 3.06. The Labute approximate surface area is 81.9 Å². The fourth-order valence-corrected chi connectivity index (χ4v) is 1.38. The van der Waals surface area contributed by atoms with Crippen molar-refractivity contribution >= 4 is 11.6 Å². The van der Waals surface area contributed by atoms with Gasteiger partial charge in [-0.3, -0.25) is 0 Å². The summed E-state index contributed by atoms with van der Waals surface area (Å²) in [6.45, 7) is 0.229. The van der Waals surface area contributed by atoms with Gasteiger partial charge in [-0.05, 0) is 0 Å². The van der Waals surface area contributed by atoms with Crippen molar-refractivity contribution < 1.29 is 17.9 Å². The van der Waals surface area contributed by atoms with E-state index in [0.29, 0.717) is 5.56 Å². The maximum atomic E-state index is 12.2. The van der Waals surface area contributed by atoms with E-state index in [9.17, 15) is 13.2 Å². The van der Waals surface area contributed by atoms with Crippen LogP contribution in [0.15, 0.2) is 0 Å². The predicted molar refractivity (Wildman–Crippen MR) is 40.5 cm³/mol. The standard InChI is InChI=1S/C7H4ClF3N2O/c8-5-3-1-14-2-4(3)12-6(13-5)7(9,10)11/h1-2H2. The van der Waals surface area contributed by atoms with E-state index in [2.05, 4.69) is 9.97 Å². The zero-order valence-corrected chi connectivity index (χ0v) is 7.48. The summed E-state index contributed by atoms with van der Waals surface area (Å²) in [6, 6.07) is 0. The number of rotatable bonds is 0. The van der Waals surface area contributed by atoms with Gasteiger partial charge in [0.15, 0.2) is 0 Å². The van der Waals surface area contributed by atoms with Gasteiger partial charge in [0, 0.05) is 5.56 Å². The lowest BCUT2D eigenvalue weighted by atomic mass is 10.3. The van der Waals surface area contributed by atoms with E-state index in [-0.39, 0.29) is 24.1 Å². The van der Waals surface area contributed by atoms with Crippen LogP contribution in [-0.4, -0.2) is 9.97 Å². The Balaban J connectivity index is 2.52. The normalized spacial score (nSPS) is 15.7. The first-order chi connectivity index (χ1) is 6.48. The number of halogens is 4. The van der Waals surface area contributed by atoms with Gasteiger partial charge in [0.1, 0.15) is 5.15 Å². The van der Waals surface area contributed by atoms with E-state index in [1.54, 1.807) is 0 Å². The first kappa shape index (κ1) is 9.67. The van der Waals surface area contributed by atoms with Gasteiger partial charge in [-0.25, -0.2) is 9.97 Å². The monoisotopic (exact) mass is 224 g/mol. The summed E-state index contributed by atoms with van der Waals surface area (Å²) in [5.74, 6) is -1.22. The largest absolute Gasteiger partial charge is 0.451 e. The van der Waals surface area contributed by atoms with Gasteiger partial charge < -0.3 is 4.74 Å². The molecule has 0 N–H and O–H groups in total. The Morgan fingerprint density at radius 2 is 1.93 bits per heavy atom. The van der Waals surface area contributed by atoms with E-state index in [1.165, 1.54) is 0 Å². The molecule has 0 bridgehead atoms. The maximum absolute atomic E-state index is 12.2. The molecule has 0 fully saturated rings. The molecule has 14 heavy (non-hydrogen) atoms. The molecule has 1 aliphatic heterocycles. The van der Waals surface area contributed by atoms with Crippen LogP contribution in [0.3, 0.4) is 0 Å². The van der Waals surface area contributed by atoms with Crippen LogP contribution in [-0.2, 0) is 24.1 Å². The molecule has 76 valence electrons. The third-order valence-corrected chi connectivity index (χ3v) is 2.09. The van der Waals surface area contributed by atoms with Crippen molar-refractivity contribution in [2.24, 2.45) is 0 Å². The minimum Gasteiger partial charge on any atom is -0.370 e. The van der Waals surface area contributed by atoms with Crippen LogP contribution < -0.4 is 0 Å². The molecule has 0 atom stereocenters. The van der Waals surface area contributed by atoms with E-state index < -0.39 is 12.0 Å². The van der Waals surface area contributed by atoms with Crippen LogP contribution in [0.1, 0.15) is 17.1 Å². The van der Waals surface area contributed by atoms with Crippen LogP contribution >= 0.6 is 11.6 Å². The van der Waals surface area contributed by atoms with Crippen molar-refractivity contribution in [1.29, 1.82) is 0 Å². The molecule has 3 nitrogen and oxygen atoms in total. The van der Waals surface area contributed by atoms with Gasteiger partial charge in [-0.2, -0.15) is 13.2 Å². The van der Waals surface area contributed by atoms with E-state index in [4.69, 9.17) is 16.3 Å². The Hall–Kier alpha value is -0.880. The molecule has 0 unspecified atom stereocenters. The molecular formula is C7H4ClF3N2O. The van der Waals surface area contributed by atoms with Crippen LogP contribution in [0.2, 0.25) is 5.15 Å². The molecule has 0 saturated carbocycles. The summed E-state index contributed by atoms with van der Waals surface area (Å²) >= 11 is 5.55. The van der Waals surface area contributed by atoms with Gasteiger partial charge in [0.2, 0.25) is 5.82 Å². The molecule has 1 aliphatic rings. The van der Waals surface area contributed by atoms with Crippen molar-refractivity contribution in [3.63, 3.8) is 0 Å². The van der Waals surface area contributed by atoms with Gasteiger partial charge in [-0.15, -0.1) is 0 Å². The summed E-state index contributed by atoms with van der Waals surface area (Å²) in [5, 5.41) is -0.181. The smallest absolute Gasteiger partial charge is 0.370 e. The zero-order valence-electron chi connectivity index (χ0n) is 6.73. The molecule has 2 rings (SSSR count). The minimum atomic E-state index is -4.57. The second-order valence-electron chi connectivity index (χ2n) is 2.75. The molecule has 0 radical (unpaired) electrons. The third-order valence-electron chi connectivity index (χ3n) is 1.78. The quantitative estimate of drug-likeness (QED) is 0.634. The number of hydrogen-bond donors (Lipinski definition) is 0. The van der Waals surface area contributed by atoms with Crippen LogP contribution in [0.25, 0.3) is 0 Å². The van der Waals surface area contributed by atoms with Gasteiger partial charge in [0.05, 0.1) is 18.9 Å².